The van der Waals surface area contributed by atoms with Crippen LogP contribution in [0.2, 0.25) is 5.02 Å². The number of amides is 2. The molecule has 2 fully saturated rings. The Morgan fingerprint density at radius 2 is 1.52 bits per heavy atom. The number of benzene rings is 2. The Bertz CT molecular complexity index is 1350. The zero-order valence-corrected chi connectivity index (χ0v) is 30.0. The van der Waals surface area contributed by atoms with Gasteiger partial charge in [0.1, 0.15) is 12.2 Å². The minimum Gasteiger partial charge on any atom is -0.448 e. The predicted octanol–water partition coefficient (Wildman–Crippen LogP) is 7.84. The Hall–Kier alpha value is -2.75. The molecule has 0 spiro atoms. The van der Waals surface area contributed by atoms with E-state index in [1.54, 1.807) is 0 Å². The van der Waals surface area contributed by atoms with Crippen molar-refractivity contribution in [2.75, 3.05) is 6.61 Å². The highest BCUT2D eigenvalue weighted by molar-refractivity contribution is 6.65. The normalized spacial score (nSPS) is 21.8. The van der Waals surface area contributed by atoms with Gasteiger partial charge in [-0.1, -0.05) is 54.1 Å². The maximum Gasteiger partial charge on any atom is 0.496 e. The Labute approximate surface area is 281 Å². The molecule has 8 nitrogen and oxygen atoms in total. The minimum absolute atomic E-state index is 0.00877. The lowest BCUT2D eigenvalue weighted by molar-refractivity contribution is 0.00578. The van der Waals surface area contributed by atoms with Crippen LogP contribution in [0.25, 0.3) is 0 Å². The molecule has 2 aromatic carbocycles. The third kappa shape index (κ3) is 8.78. The summed E-state index contributed by atoms with van der Waals surface area (Å²) in [7, 11) is -0.618. The smallest absolute Gasteiger partial charge is 0.448 e. The first-order chi connectivity index (χ1) is 21.3. The molecule has 46 heavy (non-hydrogen) atoms. The molecule has 1 aliphatic carbocycles. The second-order valence-electron chi connectivity index (χ2n) is 15.6. The van der Waals surface area contributed by atoms with E-state index >= 15 is 0 Å². The average molecular weight is 655 g/mol. The van der Waals surface area contributed by atoms with Gasteiger partial charge in [0.15, 0.2) is 0 Å². The summed E-state index contributed by atoms with van der Waals surface area (Å²) in [6.45, 7) is 19.9. The van der Waals surface area contributed by atoms with Crippen LogP contribution in [0, 0.1) is 0 Å². The van der Waals surface area contributed by atoms with Crippen molar-refractivity contribution in [2.24, 2.45) is 0 Å². The zero-order valence-electron chi connectivity index (χ0n) is 29.2. The summed E-state index contributed by atoms with van der Waals surface area (Å²) in [6.07, 6.45) is 2.26. The third-order valence-corrected chi connectivity index (χ3v) is 9.55. The lowest BCUT2D eigenvalue weighted by atomic mass is 9.76. The average Bonchev–Trinajstić information content (AvgIpc) is 3.15. The summed E-state index contributed by atoms with van der Waals surface area (Å²) >= 11 is 6.70. The number of nitrogens with zero attached hydrogens (tertiary/aromatic N) is 1. The molecule has 1 N–H and O–H groups in total. The second kappa shape index (κ2) is 13.8. The van der Waals surface area contributed by atoms with Gasteiger partial charge in [0.05, 0.1) is 11.2 Å². The molecule has 10 heteroatoms. The molecule has 4 rings (SSSR count). The molecule has 0 aromatic heterocycles. The summed E-state index contributed by atoms with van der Waals surface area (Å²) in [5.74, 6) is -0.237. The molecule has 0 bridgehead atoms. The molecule has 2 aromatic rings. The van der Waals surface area contributed by atoms with Crippen molar-refractivity contribution in [1.82, 2.24) is 10.2 Å². The van der Waals surface area contributed by atoms with Gasteiger partial charge in [-0.15, -0.1) is 0 Å². The monoisotopic (exact) mass is 654 g/mol. The lowest BCUT2D eigenvalue weighted by Gasteiger charge is -2.43. The van der Waals surface area contributed by atoms with E-state index in [4.69, 9.17) is 30.4 Å². The second-order valence-corrected chi connectivity index (χ2v) is 16.0. The Balaban J connectivity index is 1.50. The first kappa shape index (κ1) is 36.1. The Morgan fingerprint density at radius 3 is 2.07 bits per heavy atom. The molecular weight excluding hydrogens is 603 g/mol. The molecule has 1 aliphatic heterocycles. The number of carbonyl (C=O) groups is 2. The summed E-state index contributed by atoms with van der Waals surface area (Å²) in [5.41, 5.74) is 0.695. The first-order valence-electron chi connectivity index (χ1n) is 16.4. The van der Waals surface area contributed by atoms with Crippen LogP contribution >= 0.6 is 11.6 Å². The molecule has 2 aliphatic rings. The number of carbonyl (C=O) groups excluding carboxylic acids is 2. The molecule has 252 valence electrons. The van der Waals surface area contributed by atoms with E-state index in [1.807, 2.05) is 123 Å². The quantitative estimate of drug-likeness (QED) is 0.306. The maximum absolute atomic E-state index is 13.9. The molecule has 1 unspecified atom stereocenters. The van der Waals surface area contributed by atoms with E-state index in [2.05, 4.69) is 5.32 Å². The van der Waals surface area contributed by atoms with Crippen LogP contribution in [0.4, 0.5) is 9.59 Å². The number of hydrogen-bond donors (Lipinski definition) is 1. The highest BCUT2D eigenvalue weighted by Gasteiger charge is 2.52. The van der Waals surface area contributed by atoms with Gasteiger partial charge in [-0.25, -0.2) is 9.59 Å². The number of ether oxygens (including phenoxy) is 2. The van der Waals surface area contributed by atoms with Gasteiger partial charge in [-0.3, -0.25) is 0 Å². The summed E-state index contributed by atoms with van der Waals surface area (Å²) in [6, 6.07) is 15.9. The van der Waals surface area contributed by atoms with E-state index < -0.39 is 35.6 Å². The van der Waals surface area contributed by atoms with Crippen molar-refractivity contribution in [3.63, 3.8) is 0 Å². The topological polar surface area (TPSA) is 86.3 Å². The molecule has 1 saturated heterocycles. The fraction of sp³-hybridized carbons (Fsp3) is 0.611. The standard InChI is InChI=1S/C36H52BClN2O6/c1-33(2,3)40(27-19-17-26(18-20-27)39-31(41)44-34(4,5)6)32(42)43-23-28(24-14-12-11-13-15-24)25-16-21-30(38)29(22-25)37-45-35(7,8)36(9,10)46-37/h11-16,21-22,26-28H,17-20,23H2,1-10H3,(H,39,41). The highest BCUT2D eigenvalue weighted by atomic mass is 35.5. The van der Waals surface area contributed by atoms with Crippen LogP contribution in [-0.4, -0.2) is 65.2 Å². The first-order valence-corrected chi connectivity index (χ1v) is 16.8. The maximum atomic E-state index is 13.9. The van der Waals surface area contributed by atoms with Crippen LogP contribution in [0.15, 0.2) is 48.5 Å². The van der Waals surface area contributed by atoms with Gasteiger partial charge in [-0.2, -0.15) is 0 Å². The van der Waals surface area contributed by atoms with Gasteiger partial charge in [0, 0.05) is 34.0 Å². The van der Waals surface area contributed by atoms with Crippen LogP contribution in [-0.2, 0) is 18.8 Å². The fourth-order valence-electron chi connectivity index (χ4n) is 6.15. The molecule has 1 heterocycles. The van der Waals surface area contributed by atoms with Crippen LogP contribution in [0.1, 0.15) is 112 Å². The molecule has 1 atom stereocenters. The number of hydrogen-bond acceptors (Lipinski definition) is 6. The molecule has 0 radical (unpaired) electrons. The van der Waals surface area contributed by atoms with Crippen molar-refractivity contribution in [3.05, 3.63) is 64.7 Å². The number of alkyl carbamates (subject to hydrolysis) is 1. The Morgan fingerprint density at radius 1 is 0.935 bits per heavy atom. The summed E-state index contributed by atoms with van der Waals surface area (Å²) < 4.78 is 24.3. The van der Waals surface area contributed by atoms with Crippen LogP contribution < -0.4 is 10.8 Å². The van der Waals surface area contributed by atoms with Crippen molar-refractivity contribution in [1.29, 1.82) is 0 Å². The minimum atomic E-state index is -0.618. The van der Waals surface area contributed by atoms with Gasteiger partial charge in [-0.05, 0) is 112 Å². The van der Waals surface area contributed by atoms with Crippen molar-refractivity contribution in [2.45, 2.75) is 135 Å². The molecule has 2 amide bonds. The van der Waals surface area contributed by atoms with Crippen molar-refractivity contribution >= 4 is 36.4 Å². The largest absolute Gasteiger partial charge is 0.496 e. The van der Waals surface area contributed by atoms with E-state index in [1.165, 1.54) is 0 Å². The van der Waals surface area contributed by atoms with Crippen LogP contribution in [0.3, 0.4) is 0 Å². The molecular formula is C36H52BClN2O6. The van der Waals surface area contributed by atoms with Gasteiger partial charge >= 0.3 is 19.3 Å². The van der Waals surface area contributed by atoms with Gasteiger partial charge in [0.2, 0.25) is 0 Å². The fourth-order valence-corrected chi connectivity index (χ4v) is 6.35. The van der Waals surface area contributed by atoms with E-state index in [9.17, 15) is 9.59 Å². The summed E-state index contributed by atoms with van der Waals surface area (Å²) in [5, 5.41) is 3.55. The van der Waals surface area contributed by atoms with Crippen molar-refractivity contribution in [3.8, 4) is 0 Å². The van der Waals surface area contributed by atoms with Crippen molar-refractivity contribution < 1.29 is 28.4 Å². The van der Waals surface area contributed by atoms with Crippen LogP contribution in [0.5, 0.6) is 0 Å². The highest BCUT2D eigenvalue weighted by Crippen LogP contribution is 2.38. The predicted molar refractivity (Wildman–Crippen MR) is 184 cm³/mol. The number of nitrogens with one attached hydrogen (secondary N) is 1. The number of rotatable bonds is 7. The zero-order chi connectivity index (χ0) is 34.1. The SMILES string of the molecule is CC(C)(C)OC(=O)NC1CCC(N(C(=O)OCC(c2ccccc2)c2ccc(Cl)c(B3OC(C)(C)C(C)(C)O3)c2)C(C)(C)C)CC1. The Kier molecular flexibility index (Phi) is 10.8. The van der Waals surface area contributed by atoms with Gasteiger partial charge in [0.25, 0.3) is 0 Å². The van der Waals surface area contributed by atoms with Gasteiger partial charge < -0.3 is 29.0 Å². The number of halogens is 1. The van der Waals surface area contributed by atoms with E-state index in [-0.39, 0.29) is 30.7 Å². The van der Waals surface area contributed by atoms with E-state index in [0.717, 1.165) is 42.3 Å². The third-order valence-electron chi connectivity index (χ3n) is 9.21. The lowest BCUT2D eigenvalue weighted by Crippen LogP contribution is -2.54. The van der Waals surface area contributed by atoms with E-state index in [0.29, 0.717) is 5.02 Å². The summed E-state index contributed by atoms with van der Waals surface area (Å²) in [4.78, 5) is 28.1. The molecule has 1 saturated carbocycles.